The summed E-state index contributed by atoms with van der Waals surface area (Å²) >= 11 is 1.27. The van der Waals surface area contributed by atoms with Gasteiger partial charge in [0.2, 0.25) is 12.7 Å². The van der Waals surface area contributed by atoms with Crippen molar-refractivity contribution in [1.82, 2.24) is 14.8 Å². The Kier molecular flexibility index (Phi) is 4.68. The molecule has 1 aromatic heterocycles. The Labute approximate surface area is 158 Å². The summed E-state index contributed by atoms with van der Waals surface area (Å²) in [5.74, 6) is 1.56. The number of anilines is 1. The van der Waals surface area contributed by atoms with Crippen molar-refractivity contribution in [3.63, 3.8) is 0 Å². The van der Waals surface area contributed by atoms with Crippen molar-refractivity contribution < 1.29 is 18.7 Å². The molecule has 0 spiro atoms. The predicted molar refractivity (Wildman–Crippen MR) is 98.3 cm³/mol. The average molecular weight is 386 g/mol. The summed E-state index contributed by atoms with van der Waals surface area (Å²) in [7, 11) is 1.80. The predicted octanol–water partition coefficient (Wildman–Crippen LogP) is 3.08. The Balaban J connectivity index is 1.38. The zero-order valence-electron chi connectivity index (χ0n) is 14.3. The fourth-order valence-electron chi connectivity index (χ4n) is 2.59. The van der Waals surface area contributed by atoms with Crippen LogP contribution in [0.3, 0.4) is 0 Å². The van der Waals surface area contributed by atoms with Gasteiger partial charge in [-0.2, -0.15) is 0 Å². The molecule has 4 rings (SSSR count). The molecule has 9 heteroatoms. The van der Waals surface area contributed by atoms with E-state index in [1.165, 1.54) is 23.9 Å². The molecule has 0 fully saturated rings. The number of thioether (sulfide) groups is 1. The molecule has 0 aliphatic carbocycles. The van der Waals surface area contributed by atoms with E-state index in [0.29, 0.717) is 28.2 Å². The molecule has 0 saturated carbocycles. The minimum atomic E-state index is -0.310. The Morgan fingerprint density at radius 3 is 2.78 bits per heavy atom. The van der Waals surface area contributed by atoms with Crippen LogP contribution in [-0.2, 0) is 11.8 Å². The molecule has 0 bridgehead atoms. The van der Waals surface area contributed by atoms with E-state index in [1.54, 1.807) is 41.9 Å². The number of hydrogen-bond acceptors (Lipinski definition) is 6. The van der Waals surface area contributed by atoms with Crippen LogP contribution in [0.4, 0.5) is 10.1 Å². The molecular weight excluding hydrogens is 371 g/mol. The van der Waals surface area contributed by atoms with Gasteiger partial charge in [-0.05, 0) is 36.4 Å². The number of amides is 1. The smallest absolute Gasteiger partial charge is 0.234 e. The zero-order chi connectivity index (χ0) is 18.8. The van der Waals surface area contributed by atoms with E-state index in [4.69, 9.17) is 9.47 Å². The molecule has 7 nitrogen and oxygen atoms in total. The molecule has 0 saturated heterocycles. The quantitative estimate of drug-likeness (QED) is 0.679. The van der Waals surface area contributed by atoms with Gasteiger partial charge in [0.15, 0.2) is 22.5 Å². The first kappa shape index (κ1) is 17.3. The topological polar surface area (TPSA) is 78.3 Å². The third-order valence-electron chi connectivity index (χ3n) is 3.93. The standard InChI is InChI=1S/C18H15FN4O3S/c1-23-17(11-2-4-12(19)5-3-11)21-22-18(23)27-9-16(24)20-13-6-7-14-15(8-13)26-10-25-14/h2-8H,9-10H2,1H3,(H,20,24). The molecule has 1 aliphatic heterocycles. The molecule has 138 valence electrons. The van der Waals surface area contributed by atoms with Crippen molar-refractivity contribution >= 4 is 23.4 Å². The van der Waals surface area contributed by atoms with Crippen molar-refractivity contribution in [1.29, 1.82) is 0 Å². The number of benzene rings is 2. The van der Waals surface area contributed by atoms with E-state index in [9.17, 15) is 9.18 Å². The van der Waals surface area contributed by atoms with Crippen LogP contribution < -0.4 is 14.8 Å². The van der Waals surface area contributed by atoms with Crippen LogP contribution in [0.15, 0.2) is 47.6 Å². The molecule has 2 aromatic carbocycles. The highest BCUT2D eigenvalue weighted by atomic mass is 32.2. The van der Waals surface area contributed by atoms with Crippen LogP contribution in [0.25, 0.3) is 11.4 Å². The minimum Gasteiger partial charge on any atom is -0.454 e. The number of carbonyl (C=O) groups excluding carboxylic acids is 1. The van der Waals surface area contributed by atoms with Gasteiger partial charge in [-0.15, -0.1) is 10.2 Å². The van der Waals surface area contributed by atoms with Crippen LogP contribution in [0.5, 0.6) is 11.5 Å². The van der Waals surface area contributed by atoms with Gasteiger partial charge in [0.25, 0.3) is 0 Å². The number of ether oxygens (including phenoxy) is 2. The lowest BCUT2D eigenvalue weighted by Crippen LogP contribution is -2.14. The normalized spacial score (nSPS) is 12.2. The zero-order valence-corrected chi connectivity index (χ0v) is 15.1. The second-order valence-electron chi connectivity index (χ2n) is 5.78. The van der Waals surface area contributed by atoms with E-state index in [1.807, 2.05) is 0 Å². The summed E-state index contributed by atoms with van der Waals surface area (Å²) in [4.78, 5) is 12.2. The highest BCUT2D eigenvalue weighted by molar-refractivity contribution is 7.99. The number of aromatic nitrogens is 3. The molecule has 2 heterocycles. The Bertz CT molecular complexity index is 991. The van der Waals surface area contributed by atoms with Gasteiger partial charge in [0, 0.05) is 24.4 Å². The summed E-state index contributed by atoms with van der Waals surface area (Å²) in [6.07, 6.45) is 0. The molecule has 27 heavy (non-hydrogen) atoms. The molecule has 0 radical (unpaired) electrons. The van der Waals surface area contributed by atoms with Gasteiger partial charge in [-0.25, -0.2) is 4.39 Å². The average Bonchev–Trinajstić information content (AvgIpc) is 3.27. The first-order valence-corrected chi connectivity index (χ1v) is 9.06. The molecule has 3 aromatic rings. The second kappa shape index (κ2) is 7.28. The summed E-state index contributed by atoms with van der Waals surface area (Å²) < 4.78 is 25.4. The molecule has 1 aliphatic rings. The van der Waals surface area contributed by atoms with Crippen molar-refractivity contribution in [3.8, 4) is 22.9 Å². The van der Waals surface area contributed by atoms with E-state index < -0.39 is 0 Å². The summed E-state index contributed by atoms with van der Waals surface area (Å²) in [6, 6.07) is 11.2. The first-order valence-electron chi connectivity index (χ1n) is 8.08. The van der Waals surface area contributed by atoms with Crippen LogP contribution in [-0.4, -0.2) is 33.2 Å². The molecule has 1 amide bonds. The van der Waals surface area contributed by atoms with E-state index in [-0.39, 0.29) is 24.3 Å². The third-order valence-corrected chi connectivity index (χ3v) is 4.95. The number of nitrogens with zero attached hydrogens (tertiary/aromatic N) is 3. The third kappa shape index (κ3) is 3.72. The van der Waals surface area contributed by atoms with Crippen LogP contribution in [0.1, 0.15) is 0 Å². The fraction of sp³-hybridized carbons (Fsp3) is 0.167. The molecular formula is C18H15FN4O3S. The lowest BCUT2D eigenvalue weighted by atomic mass is 10.2. The fourth-order valence-corrected chi connectivity index (χ4v) is 3.30. The van der Waals surface area contributed by atoms with Crippen molar-refractivity contribution in [3.05, 3.63) is 48.3 Å². The molecule has 0 atom stereocenters. The Morgan fingerprint density at radius 1 is 1.19 bits per heavy atom. The highest BCUT2D eigenvalue weighted by Crippen LogP contribution is 2.34. The van der Waals surface area contributed by atoms with E-state index in [2.05, 4.69) is 15.5 Å². The molecule has 0 unspecified atom stereocenters. The van der Waals surface area contributed by atoms with Gasteiger partial charge in [-0.3, -0.25) is 4.79 Å². The van der Waals surface area contributed by atoms with Gasteiger partial charge in [0.1, 0.15) is 5.82 Å². The highest BCUT2D eigenvalue weighted by Gasteiger charge is 2.16. The van der Waals surface area contributed by atoms with Gasteiger partial charge in [-0.1, -0.05) is 11.8 Å². The number of hydrogen-bond donors (Lipinski definition) is 1. The Morgan fingerprint density at radius 2 is 1.96 bits per heavy atom. The number of carbonyl (C=O) groups is 1. The largest absolute Gasteiger partial charge is 0.454 e. The lowest BCUT2D eigenvalue weighted by molar-refractivity contribution is -0.113. The van der Waals surface area contributed by atoms with Gasteiger partial charge < -0.3 is 19.4 Å². The van der Waals surface area contributed by atoms with E-state index >= 15 is 0 Å². The van der Waals surface area contributed by atoms with Crippen LogP contribution in [0, 0.1) is 5.82 Å². The number of halogens is 1. The van der Waals surface area contributed by atoms with Crippen LogP contribution >= 0.6 is 11.8 Å². The summed E-state index contributed by atoms with van der Waals surface area (Å²) in [5, 5.41) is 11.6. The maximum absolute atomic E-state index is 13.1. The monoisotopic (exact) mass is 386 g/mol. The Hall–Kier alpha value is -3.07. The summed E-state index contributed by atoms with van der Waals surface area (Å²) in [5.41, 5.74) is 1.39. The number of nitrogens with one attached hydrogen (secondary N) is 1. The van der Waals surface area contributed by atoms with Crippen LogP contribution in [0.2, 0.25) is 0 Å². The van der Waals surface area contributed by atoms with E-state index in [0.717, 1.165) is 5.56 Å². The SMILES string of the molecule is Cn1c(SCC(=O)Nc2ccc3c(c2)OCO3)nnc1-c1ccc(F)cc1. The van der Waals surface area contributed by atoms with Crippen molar-refractivity contribution in [2.45, 2.75) is 5.16 Å². The minimum absolute atomic E-state index is 0.170. The lowest BCUT2D eigenvalue weighted by Gasteiger charge is -2.06. The van der Waals surface area contributed by atoms with Gasteiger partial charge >= 0.3 is 0 Å². The maximum atomic E-state index is 13.1. The van der Waals surface area contributed by atoms with Gasteiger partial charge in [0.05, 0.1) is 5.75 Å². The van der Waals surface area contributed by atoms with Crippen molar-refractivity contribution in [2.75, 3.05) is 17.9 Å². The summed E-state index contributed by atoms with van der Waals surface area (Å²) in [6.45, 7) is 0.186. The number of fused-ring (bicyclic) bond motifs is 1. The van der Waals surface area contributed by atoms with Crippen molar-refractivity contribution in [2.24, 2.45) is 7.05 Å². The maximum Gasteiger partial charge on any atom is 0.234 e. The first-order chi connectivity index (χ1) is 13.1. The molecule has 1 N–H and O–H groups in total. The number of rotatable bonds is 5. The second-order valence-corrected chi connectivity index (χ2v) is 6.72.